The van der Waals surface area contributed by atoms with E-state index in [0.29, 0.717) is 12.1 Å². The molecule has 1 amide bonds. The topological polar surface area (TPSA) is 44.4 Å². The average Bonchev–Trinajstić information content (AvgIpc) is 3.25. The van der Waals surface area contributed by atoms with Gasteiger partial charge in [-0.05, 0) is 50.8 Å². The van der Waals surface area contributed by atoms with E-state index in [2.05, 4.69) is 28.5 Å². The Hall–Kier alpha value is -1.55. The number of nitrogens with one attached hydrogen (secondary N) is 2. The molecule has 1 saturated carbocycles. The van der Waals surface area contributed by atoms with Crippen molar-refractivity contribution < 1.29 is 4.79 Å². The van der Waals surface area contributed by atoms with E-state index in [1.165, 1.54) is 19.3 Å². The first-order valence-corrected chi connectivity index (χ1v) is 7.94. The molecule has 1 aliphatic heterocycles. The molecule has 4 nitrogen and oxygen atoms in total. The number of hydrogen-bond acceptors (Lipinski definition) is 3. The van der Waals surface area contributed by atoms with Crippen LogP contribution in [0, 0.1) is 6.92 Å². The number of rotatable bonds is 4. The van der Waals surface area contributed by atoms with Crippen molar-refractivity contribution in [2.45, 2.75) is 51.2 Å². The molecule has 2 fully saturated rings. The van der Waals surface area contributed by atoms with Crippen LogP contribution in [0.2, 0.25) is 0 Å². The highest BCUT2D eigenvalue weighted by Crippen LogP contribution is 2.34. The van der Waals surface area contributed by atoms with Gasteiger partial charge in [-0.1, -0.05) is 6.07 Å². The zero-order valence-corrected chi connectivity index (χ0v) is 13.1. The van der Waals surface area contributed by atoms with Crippen molar-refractivity contribution in [1.29, 1.82) is 0 Å². The molecule has 0 bridgehead atoms. The number of amides is 1. The summed E-state index contributed by atoms with van der Waals surface area (Å²) >= 11 is 0. The van der Waals surface area contributed by atoms with Crippen LogP contribution in [0.25, 0.3) is 0 Å². The van der Waals surface area contributed by atoms with E-state index in [1.807, 2.05) is 19.1 Å². The Kier molecular flexibility index (Phi) is 3.89. The van der Waals surface area contributed by atoms with Crippen LogP contribution in [0.3, 0.4) is 0 Å². The van der Waals surface area contributed by atoms with Crippen LogP contribution in [0.4, 0.5) is 5.69 Å². The van der Waals surface area contributed by atoms with Gasteiger partial charge in [-0.15, -0.1) is 0 Å². The summed E-state index contributed by atoms with van der Waals surface area (Å²) in [5, 5.41) is 6.36. The van der Waals surface area contributed by atoms with Crippen molar-refractivity contribution in [3.05, 3.63) is 29.3 Å². The molecule has 4 heteroatoms. The largest absolute Gasteiger partial charge is 0.381 e. The van der Waals surface area contributed by atoms with Gasteiger partial charge in [0.2, 0.25) is 0 Å². The number of hydrogen-bond donors (Lipinski definition) is 2. The molecule has 2 aliphatic rings. The van der Waals surface area contributed by atoms with Crippen LogP contribution < -0.4 is 10.6 Å². The maximum absolute atomic E-state index is 11.9. The molecule has 1 aromatic carbocycles. The number of carbonyl (C=O) groups is 1. The normalized spacial score (nSPS) is 25.9. The first-order valence-electron chi connectivity index (χ1n) is 7.94. The third-order valence-electron chi connectivity index (χ3n) is 4.80. The van der Waals surface area contributed by atoms with Gasteiger partial charge in [-0.25, -0.2) is 0 Å². The number of likely N-dealkylation sites (tertiary alicyclic amines) is 1. The molecule has 2 atom stereocenters. The number of benzene rings is 1. The number of nitrogens with zero attached hydrogens (tertiary/aromatic N) is 1. The van der Waals surface area contributed by atoms with Crippen molar-refractivity contribution in [2.75, 3.05) is 18.9 Å². The molecule has 0 radical (unpaired) electrons. The molecule has 1 heterocycles. The summed E-state index contributed by atoms with van der Waals surface area (Å²) in [5.41, 5.74) is 2.88. The molecular weight excluding hydrogens is 262 g/mol. The van der Waals surface area contributed by atoms with E-state index in [-0.39, 0.29) is 5.91 Å². The third kappa shape index (κ3) is 2.91. The highest BCUT2D eigenvalue weighted by atomic mass is 16.1. The highest BCUT2D eigenvalue weighted by Gasteiger charge is 2.38. The predicted molar refractivity (Wildman–Crippen MR) is 85.8 cm³/mol. The average molecular weight is 287 g/mol. The van der Waals surface area contributed by atoms with E-state index >= 15 is 0 Å². The zero-order chi connectivity index (χ0) is 15.0. The molecule has 1 saturated heterocycles. The van der Waals surface area contributed by atoms with Gasteiger partial charge in [0.1, 0.15) is 0 Å². The Morgan fingerprint density at radius 3 is 2.76 bits per heavy atom. The summed E-state index contributed by atoms with van der Waals surface area (Å²) in [6.07, 6.45) is 3.91. The summed E-state index contributed by atoms with van der Waals surface area (Å²) < 4.78 is 0. The van der Waals surface area contributed by atoms with Gasteiger partial charge >= 0.3 is 0 Å². The Morgan fingerprint density at radius 1 is 1.33 bits per heavy atom. The van der Waals surface area contributed by atoms with Crippen molar-refractivity contribution in [3.63, 3.8) is 0 Å². The SMILES string of the molecule is CNC(=O)c1cccc(NC2CC(C)N(C3CC3)C2)c1C. The summed E-state index contributed by atoms with van der Waals surface area (Å²) in [4.78, 5) is 14.5. The van der Waals surface area contributed by atoms with E-state index in [0.717, 1.165) is 29.4 Å². The van der Waals surface area contributed by atoms with Gasteiger partial charge in [0.15, 0.2) is 0 Å². The molecule has 114 valence electrons. The zero-order valence-electron chi connectivity index (χ0n) is 13.1. The lowest BCUT2D eigenvalue weighted by molar-refractivity contribution is 0.0962. The smallest absolute Gasteiger partial charge is 0.251 e. The molecule has 1 aliphatic carbocycles. The second-order valence-corrected chi connectivity index (χ2v) is 6.41. The number of anilines is 1. The molecule has 0 spiro atoms. The molecule has 1 aromatic rings. The fraction of sp³-hybridized carbons (Fsp3) is 0.588. The van der Waals surface area contributed by atoms with Crippen LogP contribution in [0.1, 0.15) is 42.1 Å². The lowest BCUT2D eigenvalue weighted by Gasteiger charge is -2.20. The minimum Gasteiger partial charge on any atom is -0.381 e. The molecule has 21 heavy (non-hydrogen) atoms. The Bertz CT molecular complexity index is 539. The second-order valence-electron chi connectivity index (χ2n) is 6.41. The third-order valence-corrected chi connectivity index (χ3v) is 4.80. The lowest BCUT2D eigenvalue weighted by Crippen LogP contribution is -2.31. The van der Waals surface area contributed by atoms with Crippen LogP contribution in [-0.4, -0.2) is 42.5 Å². The summed E-state index contributed by atoms with van der Waals surface area (Å²) in [5.74, 6) is -0.0180. The van der Waals surface area contributed by atoms with Crippen LogP contribution in [0.15, 0.2) is 18.2 Å². The fourth-order valence-corrected chi connectivity index (χ4v) is 3.47. The van der Waals surface area contributed by atoms with Gasteiger partial charge in [-0.2, -0.15) is 0 Å². The Labute approximate surface area is 126 Å². The second kappa shape index (κ2) is 5.68. The van der Waals surface area contributed by atoms with Crippen molar-refractivity contribution in [2.24, 2.45) is 0 Å². The summed E-state index contributed by atoms with van der Waals surface area (Å²) in [6.45, 7) is 5.47. The lowest BCUT2D eigenvalue weighted by atomic mass is 10.0. The predicted octanol–water partition coefficient (Wildman–Crippen LogP) is 2.39. The number of carbonyl (C=O) groups excluding carboxylic acids is 1. The quantitative estimate of drug-likeness (QED) is 0.894. The minimum absolute atomic E-state index is 0.0180. The molecular formula is C17H25N3O. The van der Waals surface area contributed by atoms with Crippen LogP contribution in [-0.2, 0) is 0 Å². The van der Waals surface area contributed by atoms with Crippen molar-refractivity contribution >= 4 is 11.6 Å². The van der Waals surface area contributed by atoms with Crippen molar-refractivity contribution in [3.8, 4) is 0 Å². The minimum atomic E-state index is -0.0180. The van der Waals surface area contributed by atoms with E-state index in [9.17, 15) is 4.79 Å². The van der Waals surface area contributed by atoms with E-state index in [1.54, 1.807) is 7.05 Å². The van der Waals surface area contributed by atoms with Crippen molar-refractivity contribution in [1.82, 2.24) is 10.2 Å². The fourth-order valence-electron chi connectivity index (χ4n) is 3.47. The molecule has 2 unspecified atom stereocenters. The standard InChI is InChI=1S/C17H25N3O/c1-11-9-13(10-20(11)14-7-8-14)19-16-6-4-5-15(12(16)2)17(21)18-3/h4-6,11,13-14,19H,7-10H2,1-3H3,(H,18,21). The Balaban J connectivity index is 1.72. The molecule has 3 rings (SSSR count). The monoisotopic (exact) mass is 287 g/mol. The first kappa shape index (κ1) is 14.4. The van der Waals surface area contributed by atoms with Crippen LogP contribution in [0.5, 0.6) is 0 Å². The van der Waals surface area contributed by atoms with Gasteiger partial charge in [0.25, 0.3) is 5.91 Å². The van der Waals surface area contributed by atoms with Gasteiger partial charge in [0.05, 0.1) is 0 Å². The van der Waals surface area contributed by atoms with Gasteiger partial charge < -0.3 is 10.6 Å². The van der Waals surface area contributed by atoms with Gasteiger partial charge in [-0.3, -0.25) is 9.69 Å². The molecule has 2 N–H and O–H groups in total. The van der Waals surface area contributed by atoms with Crippen LogP contribution >= 0.6 is 0 Å². The maximum Gasteiger partial charge on any atom is 0.251 e. The Morgan fingerprint density at radius 2 is 2.10 bits per heavy atom. The maximum atomic E-state index is 11.9. The first-order chi connectivity index (χ1) is 10.1. The van der Waals surface area contributed by atoms with E-state index < -0.39 is 0 Å². The summed E-state index contributed by atoms with van der Waals surface area (Å²) in [6, 6.07) is 7.89. The van der Waals surface area contributed by atoms with Gasteiger partial charge in [0, 0.05) is 43.0 Å². The van der Waals surface area contributed by atoms with E-state index in [4.69, 9.17) is 0 Å². The molecule has 0 aromatic heterocycles. The highest BCUT2D eigenvalue weighted by molar-refractivity contribution is 5.96. The summed E-state index contributed by atoms with van der Waals surface area (Å²) in [7, 11) is 1.67.